The summed E-state index contributed by atoms with van der Waals surface area (Å²) >= 11 is 0. The molecule has 0 saturated heterocycles. The van der Waals surface area contributed by atoms with Crippen LogP contribution in [0.15, 0.2) is 0 Å². The zero-order valence-corrected chi connectivity index (χ0v) is 17.7. The van der Waals surface area contributed by atoms with Crippen LogP contribution in [0, 0.1) is 13.8 Å². The lowest BCUT2D eigenvalue weighted by Gasteiger charge is -2.32. The first-order chi connectivity index (χ1) is 12.7. The Kier molecular flexibility index (Phi) is 7.48. The van der Waals surface area contributed by atoms with Gasteiger partial charge in [-0.3, -0.25) is 4.79 Å². The number of H-pyrrole nitrogens is 1. The maximum Gasteiger partial charge on any atom is 0.340 e. The van der Waals surface area contributed by atoms with Gasteiger partial charge in [0.25, 0.3) is 5.91 Å². The summed E-state index contributed by atoms with van der Waals surface area (Å²) in [5, 5.41) is 0. The third kappa shape index (κ3) is 5.34. The molecule has 1 amide bonds. The SMILES string of the molecule is Cc1[nH]c(C(=O)N(C)CCN(C)C2CCCCC2)c(C)c1C(=O)OC(C)C. The fraction of sp³-hybridized carbons (Fsp3) is 0.714. The van der Waals surface area contributed by atoms with Gasteiger partial charge in [0.15, 0.2) is 0 Å². The molecule has 27 heavy (non-hydrogen) atoms. The Morgan fingerprint density at radius 1 is 1.11 bits per heavy atom. The molecule has 1 fully saturated rings. The first-order valence-corrected chi connectivity index (χ1v) is 10.1. The maximum absolute atomic E-state index is 12.9. The van der Waals surface area contributed by atoms with Crippen molar-refractivity contribution in [3.8, 4) is 0 Å². The Hall–Kier alpha value is -1.82. The Morgan fingerprint density at radius 3 is 2.33 bits per heavy atom. The second kappa shape index (κ2) is 9.40. The molecule has 1 heterocycles. The van der Waals surface area contributed by atoms with Gasteiger partial charge in [0.1, 0.15) is 5.69 Å². The van der Waals surface area contributed by atoms with Crippen LogP contribution in [0.2, 0.25) is 0 Å². The second-order valence-corrected chi connectivity index (χ2v) is 8.08. The number of esters is 1. The summed E-state index contributed by atoms with van der Waals surface area (Å²) in [5.41, 5.74) is 2.29. The number of aromatic amines is 1. The summed E-state index contributed by atoms with van der Waals surface area (Å²) in [5.74, 6) is -0.466. The molecule has 0 bridgehead atoms. The number of ether oxygens (including phenoxy) is 1. The van der Waals surface area contributed by atoms with Crippen molar-refractivity contribution in [2.45, 2.75) is 71.9 Å². The number of aromatic nitrogens is 1. The molecule has 1 aliphatic rings. The van der Waals surface area contributed by atoms with Crippen LogP contribution in [0.3, 0.4) is 0 Å². The largest absolute Gasteiger partial charge is 0.459 e. The van der Waals surface area contributed by atoms with E-state index in [0.717, 1.165) is 6.54 Å². The summed E-state index contributed by atoms with van der Waals surface area (Å²) in [6.45, 7) is 8.76. The van der Waals surface area contributed by atoms with Crippen molar-refractivity contribution in [2.24, 2.45) is 0 Å². The normalized spacial score (nSPS) is 15.4. The van der Waals surface area contributed by atoms with Crippen molar-refractivity contribution in [2.75, 3.05) is 27.2 Å². The van der Waals surface area contributed by atoms with Crippen LogP contribution in [-0.2, 0) is 4.74 Å². The highest BCUT2D eigenvalue weighted by molar-refractivity contribution is 6.00. The molecule has 0 aromatic carbocycles. The van der Waals surface area contributed by atoms with Crippen molar-refractivity contribution in [1.29, 1.82) is 0 Å². The molecule has 1 aromatic rings. The topological polar surface area (TPSA) is 65.6 Å². The molecule has 6 heteroatoms. The van der Waals surface area contributed by atoms with E-state index in [1.807, 2.05) is 20.9 Å². The molecule has 1 saturated carbocycles. The highest BCUT2D eigenvalue weighted by Gasteiger charge is 2.26. The summed E-state index contributed by atoms with van der Waals surface area (Å²) in [7, 11) is 3.97. The predicted molar refractivity (Wildman–Crippen MR) is 107 cm³/mol. The summed E-state index contributed by atoms with van der Waals surface area (Å²) < 4.78 is 5.31. The standard InChI is InChI=1S/C21H35N3O3/c1-14(2)27-21(26)18-15(3)19(22-16(18)4)20(25)24(6)13-12-23(5)17-10-8-7-9-11-17/h14,17,22H,7-13H2,1-6H3. The first-order valence-electron chi connectivity index (χ1n) is 10.1. The van der Waals surface area contributed by atoms with E-state index in [4.69, 9.17) is 4.74 Å². The van der Waals surface area contributed by atoms with Crippen molar-refractivity contribution in [3.63, 3.8) is 0 Å². The van der Waals surface area contributed by atoms with Gasteiger partial charge >= 0.3 is 5.97 Å². The minimum atomic E-state index is -0.380. The number of aryl methyl sites for hydroxylation is 1. The smallest absolute Gasteiger partial charge is 0.340 e. The number of carbonyl (C=O) groups is 2. The average molecular weight is 378 g/mol. The highest BCUT2D eigenvalue weighted by Crippen LogP contribution is 2.22. The number of amides is 1. The maximum atomic E-state index is 12.9. The molecular weight excluding hydrogens is 342 g/mol. The number of carbonyl (C=O) groups excluding carboxylic acids is 2. The highest BCUT2D eigenvalue weighted by atomic mass is 16.5. The molecule has 0 atom stereocenters. The third-order valence-electron chi connectivity index (χ3n) is 5.53. The quantitative estimate of drug-likeness (QED) is 0.738. The van der Waals surface area contributed by atoms with Crippen molar-refractivity contribution in [1.82, 2.24) is 14.8 Å². The fourth-order valence-corrected chi connectivity index (χ4v) is 3.85. The Bertz CT molecular complexity index is 660. The zero-order valence-electron chi connectivity index (χ0n) is 17.7. The van der Waals surface area contributed by atoms with E-state index in [0.29, 0.717) is 35.1 Å². The van der Waals surface area contributed by atoms with Gasteiger partial charge in [-0.05, 0) is 53.1 Å². The zero-order chi connectivity index (χ0) is 20.1. The van der Waals surface area contributed by atoms with Crippen LogP contribution in [0.1, 0.15) is 78.1 Å². The van der Waals surface area contributed by atoms with E-state index in [9.17, 15) is 9.59 Å². The Labute approximate surface area is 163 Å². The fourth-order valence-electron chi connectivity index (χ4n) is 3.85. The van der Waals surface area contributed by atoms with E-state index < -0.39 is 0 Å². The Balaban J connectivity index is 2.00. The van der Waals surface area contributed by atoms with Gasteiger partial charge in [0.05, 0.1) is 11.7 Å². The summed E-state index contributed by atoms with van der Waals surface area (Å²) in [6.07, 6.45) is 6.27. The lowest BCUT2D eigenvalue weighted by molar-refractivity contribution is 0.0376. The van der Waals surface area contributed by atoms with Gasteiger partial charge in [-0.1, -0.05) is 19.3 Å². The van der Waals surface area contributed by atoms with Gasteiger partial charge in [-0.25, -0.2) is 4.79 Å². The number of nitrogens with zero attached hydrogens (tertiary/aromatic N) is 2. The molecule has 152 valence electrons. The van der Waals surface area contributed by atoms with E-state index in [2.05, 4.69) is 16.9 Å². The minimum Gasteiger partial charge on any atom is -0.459 e. The summed E-state index contributed by atoms with van der Waals surface area (Å²) in [6, 6.07) is 0.633. The molecule has 1 aliphatic carbocycles. The predicted octanol–water partition coefficient (Wildman–Crippen LogP) is 3.53. The number of hydrogen-bond donors (Lipinski definition) is 1. The van der Waals surface area contributed by atoms with E-state index in [1.54, 1.807) is 18.7 Å². The molecule has 6 nitrogen and oxygen atoms in total. The minimum absolute atomic E-state index is 0.0868. The molecule has 1 aromatic heterocycles. The molecule has 0 spiro atoms. The van der Waals surface area contributed by atoms with Gasteiger partial charge in [-0.2, -0.15) is 0 Å². The van der Waals surface area contributed by atoms with Gasteiger partial charge in [0.2, 0.25) is 0 Å². The van der Waals surface area contributed by atoms with Gasteiger partial charge < -0.3 is 19.5 Å². The Morgan fingerprint density at radius 2 is 1.74 bits per heavy atom. The number of hydrogen-bond acceptors (Lipinski definition) is 4. The first kappa shape index (κ1) is 21.5. The van der Waals surface area contributed by atoms with Crippen molar-refractivity contribution < 1.29 is 14.3 Å². The van der Waals surface area contributed by atoms with Crippen LogP contribution >= 0.6 is 0 Å². The van der Waals surface area contributed by atoms with E-state index >= 15 is 0 Å². The molecule has 0 unspecified atom stereocenters. The van der Waals surface area contributed by atoms with Crippen LogP contribution in [-0.4, -0.2) is 66.0 Å². The van der Waals surface area contributed by atoms with Crippen LogP contribution < -0.4 is 0 Å². The van der Waals surface area contributed by atoms with Crippen LogP contribution in [0.25, 0.3) is 0 Å². The number of rotatable bonds is 7. The molecule has 0 radical (unpaired) electrons. The van der Waals surface area contributed by atoms with Crippen LogP contribution in [0.4, 0.5) is 0 Å². The lowest BCUT2D eigenvalue weighted by Crippen LogP contribution is -2.40. The molecular formula is C21H35N3O3. The lowest BCUT2D eigenvalue weighted by atomic mass is 9.94. The third-order valence-corrected chi connectivity index (χ3v) is 5.53. The molecule has 0 aliphatic heterocycles. The number of nitrogens with one attached hydrogen (secondary N) is 1. The van der Waals surface area contributed by atoms with Gasteiger partial charge in [-0.15, -0.1) is 0 Å². The van der Waals surface area contributed by atoms with E-state index in [-0.39, 0.29) is 18.0 Å². The number of likely N-dealkylation sites (N-methyl/N-ethyl adjacent to an activating group) is 2. The average Bonchev–Trinajstić information content (AvgIpc) is 2.93. The summed E-state index contributed by atoms with van der Waals surface area (Å²) in [4.78, 5) is 32.4. The molecule has 2 rings (SSSR count). The van der Waals surface area contributed by atoms with Crippen molar-refractivity contribution in [3.05, 3.63) is 22.5 Å². The van der Waals surface area contributed by atoms with Gasteiger partial charge in [0, 0.05) is 31.9 Å². The second-order valence-electron chi connectivity index (χ2n) is 8.08. The monoisotopic (exact) mass is 377 g/mol. The molecule has 1 N–H and O–H groups in total. The van der Waals surface area contributed by atoms with Crippen LogP contribution in [0.5, 0.6) is 0 Å². The van der Waals surface area contributed by atoms with E-state index in [1.165, 1.54) is 32.1 Å². The van der Waals surface area contributed by atoms with Crippen molar-refractivity contribution >= 4 is 11.9 Å².